The van der Waals surface area contributed by atoms with E-state index in [1.807, 2.05) is 11.3 Å². The van der Waals surface area contributed by atoms with E-state index in [2.05, 4.69) is 217 Å². The van der Waals surface area contributed by atoms with Gasteiger partial charge in [-0.25, -0.2) is 0 Å². The molecule has 2 nitrogen and oxygen atoms in total. The molecular formula is C56H35NOS. The topological polar surface area (TPSA) is 16.4 Å². The maximum Gasteiger partial charge on any atom is 0.144 e. The van der Waals surface area contributed by atoms with Crippen molar-refractivity contribution >= 4 is 92.1 Å². The maximum atomic E-state index is 6.87. The minimum absolute atomic E-state index is 0.920. The average Bonchev–Trinajstić information content (AvgIpc) is 3.89. The lowest BCUT2D eigenvalue weighted by Gasteiger charge is -2.26. The largest absolute Gasteiger partial charge is 0.455 e. The average molecular weight is 770 g/mol. The summed E-state index contributed by atoms with van der Waals surface area (Å²) in [7, 11) is 0. The van der Waals surface area contributed by atoms with Crippen molar-refractivity contribution in [3.63, 3.8) is 0 Å². The highest BCUT2D eigenvalue weighted by atomic mass is 32.1. The molecule has 0 saturated heterocycles. The minimum Gasteiger partial charge on any atom is -0.455 e. The summed E-state index contributed by atoms with van der Waals surface area (Å²) in [5.41, 5.74) is 12.1. The molecule has 12 aromatic rings. The molecule has 0 fully saturated rings. The van der Waals surface area contributed by atoms with Crippen molar-refractivity contribution in [2.24, 2.45) is 0 Å². The Morgan fingerprint density at radius 3 is 1.63 bits per heavy atom. The molecule has 0 aliphatic carbocycles. The van der Waals surface area contributed by atoms with E-state index < -0.39 is 0 Å². The van der Waals surface area contributed by atoms with Crippen LogP contribution >= 0.6 is 11.3 Å². The molecule has 276 valence electrons. The Labute approximate surface area is 345 Å². The van der Waals surface area contributed by atoms with Crippen LogP contribution in [0.25, 0.3) is 97.0 Å². The molecule has 10 aromatic carbocycles. The lowest BCUT2D eigenvalue weighted by atomic mass is 9.97. The van der Waals surface area contributed by atoms with Crippen LogP contribution in [-0.4, -0.2) is 0 Å². The molecule has 0 aliphatic rings. The second-order valence-corrected chi connectivity index (χ2v) is 16.3. The first-order valence-corrected chi connectivity index (χ1v) is 20.9. The highest BCUT2D eigenvalue weighted by molar-refractivity contribution is 7.26. The van der Waals surface area contributed by atoms with E-state index in [4.69, 9.17) is 4.42 Å². The van der Waals surface area contributed by atoms with Crippen molar-refractivity contribution in [3.05, 3.63) is 212 Å². The predicted molar refractivity (Wildman–Crippen MR) is 253 cm³/mol. The number of furan rings is 1. The number of anilines is 3. The molecule has 0 bridgehead atoms. The van der Waals surface area contributed by atoms with E-state index >= 15 is 0 Å². The van der Waals surface area contributed by atoms with Crippen LogP contribution in [0.3, 0.4) is 0 Å². The van der Waals surface area contributed by atoms with Crippen molar-refractivity contribution in [1.29, 1.82) is 0 Å². The van der Waals surface area contributed by atoms with Crippen molar-refractivity contribution in [3.8, 4) is 33.4 Å². The van der Waals surface area contributed by atoms with Crippen LogP contribution in [0, 0.1) is 0 Å². The second kappa shape index (κ2) is 13.6. The number of rotatable bonds is 6. The molecule has 12 rings (SSSR count). The van der Waals surface area contributed by atoms with Gasteiger partial charge in [-0.2, -0.15) is 0 Å². The Morgan fingerprint density at radius 2 is 0.864 bits per heavy atom. The van der Waals surface area contributed by atoms with E-state index in [1.54, 1.807) is 0 Å². The summed E-state index contributed by atoms with van der Waals surface area (Å²) < 4.78 is 9.40. The second-order valence-electron chi connectivity index (χ2n) is 15.3. The lowest BCUT2D eigenvalue weighted by Crippen LogP contribution is -2.09. The summed E-state index contributed by atoms with van der Waals surface area (Å²) in [4.78, 5) is 2.34. The van der Waals surface area contributed by atoms with Crippen molar-refractivity contribution in [1.82, 2.24) is 0 Å². The number of fused-ring (bicyclic) bond motifs is 10. The van der Waals surface area contributed by atoms with E-state index in [-0.39, 0.29) is 0 Å². The first-order valence-electron chi connectivity index (χ1n) is 20.1. The SMILES string of the molecule is c1ccc(-c2ccc(N(c3ccc(-c4ccc5c(ccc6ccccc65)c4)cc3)c3ccc(-c4cccc5c4oc4c5ccc5sc6ccccc6c54)cc3)cc2)cc1. The predicted octanol–water partition coefficient (Wildman–Crippen LogP) is 16.7. The third-order valence-electron chi connectivity index (χ3n) is 11.9. The molecule has 59 heavy (non-hydrogen) atoms. The highest BCUT2D eigenvalue weighted by Crippen LogP contribution is 2.44. The van der Waals surface area contributed by atoms with Gasteiger partial charge in [0.1, 0.15) is 11.2 Å². The fourth-order valence-electron chi connectivity index (χ4n) is 8.96. The third kappa shape index (κ3) is 5.62. The number of thiophene rings is 1. The Bertz CT molecular complexity index is 3530. The van der Waals surface area contributed by atoms with Crippen molar-refractivity contribution in [2.75, 3.05) is 4.90 Å². The number of para-hydroxylation sites is 1. The summed E-state index contributed by atoms with van der Waals surface area (Å²) in [6.07, 6.45) is 0. The van der Waals surface area contributed by atoms with E-state index in [0.29, 0.717) is 0 Å². The number of hydrogen-bond acceptors (Lipinski definition) is 3. The summed E-state index contributed by atoms with van der Waals surface area (Å²) in [6.45, 7) is 0. The van der Waals surface area contributed by atoms with Gasteiger partial charge in [0.15, 0.2) is 0 Å². The third-order valence-corrected chi connectivity index (χ3v) is 13.0. The molecule has 2 aromatic heterocycles. The Morgan fingerprint density at radius 1 is 0.322 bits per heavy atom. The van der Waals surface area contributed by atoms with Gasteiger partial charge in [0.2, 0.25) is 0 Å². The molecular weight excluding hydrogens is 735 g/mol. The monoisotopic (exact) mass is 769 g/mol. The fraction of sp³-hybridized carbons (Fsp3) is 0. The van der Waals surface area contributed by atoms with Gasteiger partial charge in [0.05, 0.1) is 0 Å². The highest BCUT2D eigenvalue weighted by Gasteiger charge is 2.19. The molecule has 0 unspecified atom stereocenters. The smallest absolute Gasteiger partial charge is 0.144 e. The van der Waals surface area contributed by atoms with Crippen LogP contribution in [-0.2, 0) is 0 Å². The van der Waals surface area contributed by atoms with Gasteiger partial charge in [-0.05, 0) is 110 Å². The van der Waals surface area contributed by atoms with Gasteiger partial charge in [-0.15, -0.1) is 11.3 Å². The fourth-order valence-corrected chi connectivity index (χ4v) is 10.1. The maximum absolute atomic E-state index is 6.87. The summed E-state index contributed by atoms with van der Waals surface area (Å²) >= 11 is 1.82. The Balaban J connectivity index is 0.935. The molecule has 0 aliphatic heterocycles. The van der Waals surface area contributed by atoms with Gasteiger partial charge in [0, 0.05) is 53.6 Å². The summed E-state index contributed by atoms with van der Waals surface area (Å²) in [6, 6.07) is 76.8. The van der Waals surface area contributed by atoms with Crippen molar-refractivity contribution < 1.29 is 4.42 Å². The van der Waals surface area contributed by atoms with Gasteiger partial charge >= 0.3 is 0 Å². The number of benzene rings is 10. The van der Waals surface area contributed by atoms with Crippen LogP contribution in [0.15, 0.2) is 217 Å². The van der Waals surface area contributed by atoms with Gasteiger partial charge in [0.25, 0.3) is 0 Å². The van der Waals surface area contributed by atoms with Gasteiger partial charge in [-0.1, -0.05) is 152 Å². The van der Waals surface area contributed by atoms with E-state index in [9.17, 15) is 0 Å². The molecule has 3 heteroatoms. The van der Waals surface area contributed by atoms with E-state index in [0.717, 1.165) is 50.1 Å². The zero-order chi connectivity index (χ0) is 38.9. The molecule has 0 spiro atoms. The Kier molecular flexibility index (Phi) is 7.75. The normalized spacial score (nSPS) is 11.7. The first kappa shape index (κ1) is 33.7. The molecule has 0 atom stereocenters. The lowest BCUT2D eigenvalue weighted by molar-refractivity contribution is 0.674. The standard InChI is InChI=1S/C56H35NOS/c1-2-9-36(10-3-1)37-19-26-43(27-20-37)57(44-28-21-38(22-29-44)41-25-32-47-42(35-41)18-17-39-11-4-5-12-46(39)47)45-30-23-40(24-31-45)48-14-8-15-49-50-33-34-53-54(56(50)58-55(48)49)51-13-6-7-16-52(51)59-53/h1-35H. The first-order chi connectivity index (χ1) is 29.2. The quantitative estimate of drug-likeness (QED) is 0.157. The van der Waals surface area contributed by atoms with Crippen LogP contribution in [0.5, 0.6) is 0 Å². The molecule has 0 amide bonds. The summed E-state index contributed by atoms with van der Waals surface area (Å²) in [5, 5.41) is 9.82. The Hall–Kier alpha value is -7.46. The number of nitrogens with zero attached hydrogens (tertiary/aromatic N) is 1. The number of hydrogen-bond donors (Lipinski definition) is 0. The molecule has 2 heterocycles. The zero-order valence-electron chi connectivity index (χ0n) is 32.0. The van der Waals surface area contributed by atoms with Crippen LogP contribution in [0.1, 0.15) is 0 Å². The zero-order valence-corrected chi connectivity index (χ0v) is 32.8. The van der Waals surface area contributed by atoms with E-state index in [1.165, 1.54) is 64.0 Å². The van der Waals surface area contributed by atoms with Crippen LogP contribution in [0.2, 0.25) is 0 Å². The minimum atomic E-state index is 0.920. The van der Waals surface area contributed by atoms with Crippen LogP contribution in [0.4, 0.5) is 17.1 Å². The van der Waals surface area contributed by atoms with Gasteiger partial charge in [-0.3, -0.25) is 0 Å². The van der Waals surface area contributed by atoms with Crippen LogP contribution < -0.4 is 4.90 Å². The van der Waals surface area contributed by atoms with Crippen molar-refractivity contribution in [2.45, 2.75) is 0 Å². The molecule has 0 radical (unpaired) electrons. The van der Waals surface area contributed by atoms with Gasteiger partial charge < -0.3 is 9.32 Å². The molecule has 0 saturated carbocycles. The summed E-state index contributed by atoms with van der Waals surface area (Å²) in [5.74, 6) is 0. The molecule has 0 N–H and O–H groups in total.